The molecule has 0 atom stereocenters. The number of hydrogen-bond acceptors (Lipinski definition) is 5. The van der Waals surface area contributed by atoms with Crippen LogP contribution in [0.3, 0.4) is 0 Å². The largest absolute Gasteiger partial charge is 0.384 e. The minimum Gasteiger partial charge on any atom is -0.322 e. The molecular weight excluding hydrogens is 413 g/mol. The second-order valence-electron chi connectivity index (χ2n) is 6.96. The van der Waals surface area contributed by atoms with Gasteiger partial charge < -0.3 is 4.84 Å². The van der Waals surface area contributed by atoms with E-state index in [0.29, 0.717) is 29.2 Å². The highest BCUT2D eigenvalue weighted by atomic mass is 35.5. The van der Waals surface area contributed by atoms with Crippen LogP contribution < -0.4 is 0 Å². The first kappa shape index (κ1) is 18.5. The van der Waals surface area contributed by atoms with Crippen LogP contribution in [0.15, 0.2) is 42.5 Å². The SMILES string of the molecule is O=C(ON1C(=O)c2ccccc2C1=O)c1nn(-c2ccc(Cl)cc2F)c2c1CCC2. The van der Waals surface area contributed by atoms with Crippen LogP contribution in [0.5, 0.6) is 0 Å². The third kappa shape index (κ3) is 2.72. The van der Waals surface area contributed by atoms with E-state index in [0.717, 1.165) is 12.5 Å². The lowest BCUT2D eigenvalue weighted by Gasteiger charge is -2.12. The average Bonchev–Trinajstić information content (AvgIpc) is 3.39. The van der Waals surface area contributed by atoms with E-state index in [4.69, 9.17) is 16.4 Å². The van der Waals surface area contributed by atoms with Crippen molar-refractivity contribution in [3.05, 3.63) is 81.4 Å². The van der Waals surface area contributed by atoms with Gasteiger partial charge in [-0.3, -0.25) is 9.59 Å². The molecule has 0 bridgehead atoms. The quantitative estimate of drug-likeness (QED) is 0.600. The minimum atomic E-state index is -0.948. The van der Waals surface area contributed by atoms with E-state index in [2.05, 4.69) is 5.10 Å². The minimum absolute atomic E-state index is 0.0478. The molecule has 0 saturated heterocycles. The predicted octanol–water partition coefficient (Wildman–Crippen LogP) is 3.52. The van der Waals surface area contributed by atoms with Crippen LogP contribution in [0.4, 0.5) is 4.39 Å². The molecule has 0 saturated carbocycles. The van der Waals surface area contributed by atoms with Crippen molar-refractivity contribution in [2.45, 2.75) is 19.3 Å². The lowest BCUT2D eigenvalue weighted by Crippen LogP contribution is -2.33. The maximum absolute atomic E-state index is 14.4. The smallest absolute Gasteiger partial charge is 0.322 e. The van der Waals surface area contributed by atoms with E-state index in [1.165, 1.54) is 28.9 Å². The van der Waals surface area contributed by atoms with Crippen LogP contribution in [-0.4, -0.2) is 32.6 Å². The Bertz CT molecular complexity index is 1220. The Morgan fingerprint density at radius 1 is 1.07 bits per heavy atom. The van der Waals surface area contributed by atoms with Crippen molar-refractivity contribution in [1.29, 1.82) is 0 Å². The van der Waals surface area contributed by atoms with E-state index in [1.54, 1.807) is 12.1 Å². The molecule has 0 radical (unpaired) electrons. The van der Waals surface area contributed by atoms with Gasteiger partial charge in [0.05, 0.1) is 11.1 Å². The summed E-state index contributed by atoms with van der Waals surface area (Å²) in [6.45, 7) is 0. The molecule has 0 spiro atoms. The zero-order chi connectivity index (χ0) is 21.0. The molecule has 0 fully saturated rings. The summed E-state index contributed by atoms with van der Waals surface area (Å²) in [6, 6.07) is 10.4. The molecule has 7 nitrogen and oxygen atoms in total. The number of imide groups is 1. The number of halogens is 2. The Kier molecular flexibility index (Phi) is 4.18. The third-order valence-corrected chi connectivity index (χ3v) is 5.43. The maximum Gasteiger partial charge on any atom is 0.384 e. The van der Waals surface area contributed by atoms with Gasteiger partial charge in [-0.2, -0.15) is 5.10 Å². The van der Waals surface area contributed by atoms with Crippen LogP contribution in [0.25, 0.3) is 5.69 Å². The molecule has 2 amide bonds. The number of fused-ring (bicyclic) bond motifs is 2. The van der Waals surface area contributed by atoms with Gasteiger partial charge in [0.2, 0.25) is 0 Å². The standard InChI is InChI=1S/C21H13ClFN3O4/c22-11-8-9-17(15(23)10-11)25-16-7-3-6-14(16)18(24-25)21(29)30-26-19(27)12-4-1-2-5-13(12)20(26)28/h1-2,4-5,8-10H,3,6-7H2. The topological polar surface area (TPSA) is 81.5 Å². The van der Waals surface area contributed by atoms with Gasteiger partial charge >= 0.3 is 5.97 Å². The number of nitrogens with zero attached hydrogens (tertiary/aromatic N) is 3. The average molecular weight is 426 g/mol. The zero-order valence-electron chi connectivity index (χ0n) is 15.4. The molecule has 150 valence electrons. The van der Waals surface area contributed by atoms with Crippen molar-refractivity contribution in [2.75, 3.05) is 0 Å². The number of carbonyl (C=O) groups is 3. The molecule has 1 aromatic heterocycles. The van der Waals surface area contributed by atoms with Crippen molar-refractivity contribution in [2.24, 2.45) is 0 Å². The molecule has 9 heteroatoms. The van der Waals surface area contributed by atoms with Crippen LogP contribution in [0.2, 0.25) is 5.02 Å². The number of benzene rings is 2. The lowest BCUT2D eigenvalue weighted by molar-refractivity contribution is -0.0589. The summed E-state index contributed by atoms with van der Waals surface area (Å²) >= 11 is 5.83. The molecular formula is C21H13ClFN3O4. The Balaban J connectivity index is 1.49. The van der Waals surface area contributed by atoms with Crippen molar-refractivity contribution in [3.63, 3.8) is 0 Å². The normalized spacial score (nSPS) is 14.8. The lowest BCUT2D eigenvalue weighted by atomic mass is 10.1. The van der Waals surface area contributed by atoms with Gasteiger partial charge in [-0.05, 0) is 49.6 Å². The van der Waals surface area contributed by atoms with Crippen molar-refractivity contribution >= 4 is 29.4 Å². The van der Waals surface area contributed by atoms with Gasteiger partial charge in [0.1, 0.15) is 11.5 Å². The van der Waals surface area contributed by atoms with Crippen LogP contribution in [0, 0.1) is 5.82 Å². The van der Waals surface area contributed by atoms with Gasteiger partial charge in [0.25, 0.3) is 11.8 Å². The Morgan fingerprint density at radius 2 is 1.77 bits per heavy atom. The summed E-state index contributed by atoms with van der Waals surface area (Å²) < 4.78 is 15.8. The first-order chi connectivity index (χ1) is 14.5. The molecule has 3 aromatic rings. The summed E-state index contributed by atoms with van der Waals surface area (Å²) in [4.78, 5) is 42.9. The van der Waals surface area contributed by atoms with Crippen molar-refractivity contribution in [1.82, 2.24) is 14.8 Å². The number of hydrogen-bond donors (Lipinski definition) is 0. The highest BCUT2D eigenvalue weighted by Crippen LogP contribution is 2.31. The van der Waals surface area contributed by atoms with Crippen molar-refractivity contribution < 1.29 is 23.6 Å². The zero-order valence-corrected chi connectivity index (χ0v) is 16.1. The van der Waals surface area contributed by atoms with E-state index in [-0.39, 0.29) is 27.5 Å². The summed E-state index contributed by atoms with van der Waals surface area (Å²) in [6.07, 6.45) is 1.91. The van der Waals surface area contributed by atoms with E-state index >= 15 is 0 Å². The summed E-state index contributed by atoms with van der Waals surface area (Å²) in [5.41, 5.74) is 1.73. The Hall–Kier alpha value is -3.52. The number of hydroxylamine groups is 2. The Morgan fingerprint density at radius 3 is 2.43 bits per heavy atom. The molecule has 1 aliphatic heterocycles. The van der Waals surface area contributed by atoms with Gasteiger partial charge in [-0.15, -0.1) is 0 Å². The second-order valence-corrected chi connectivity index (χ2v) is 7.40. The van der Waals surface area contributed by atoms with Gasteiger partial charge in [0, 0.05) is 16.3 Å². The second kappa shape index (κ2) is 6.77. The number of aromatic nitrogens is 2. The maximum atomic E-state index is 14.4. The number of amides is 2. The fourth-order valence-corrected chi connectivity index (χ4v) is 3.99. The van der Waals surface area contributed by atoms with Crippen LogP contribution in [0.1, 0.15) is 48.9 Å². The van der Waals surface area contributed by atoms with Crippen LogP contribution >= 0.6 is 11.6 Å². The number of rotatable bonds is 3. The fourth-order valence-electron chi connectivity index (χ4n) is 3.83. The van der Waals surface area contributed by atoms with Gasteiger partial charge in [0.15, 0.2) is 5.69 Å². The first-order valence-electron chi connectivity index (χ1n) is 9.22. The molecule has 0 unspecified atom stereocenters. The molecule has 1 aliphatic carbocycles. The molecule has 2 heterocycles. The first-order valence-corrected chi connectivity index (χ1v) is 9.60. The molecule has 2 aromatic carbocycles. The predicted molar refractivity (Wildman–Crippen MR) is 103 cm³/mol. The molecule has 30 heavy (non-hydrogen) atoms. The summed E-state index contributed by atoms with van der Waals surface area (Å²) in [7, 11) is 0. The highest BCUT2D eigenvalue weighted by molar-refractivity contribution is 6.30. The monoisotopic (exact) mass is 425 g/mol. The Labute approximate surface area is 174 Å². The van der Waals surface area contributed by atoms with Gasteiger partial charge in [-0.1, -0.05) is 28.8 Å². The van der Waals surface area contributed by atoms with Gasteiger partial charge in [-0.25, -0.2) is 13.9 Å². The van der Waals surface area contributed by atoms with E-state index in [1.807, 2.05) is 0 Å². The molecule has 5 rings (SSSR count). The van der Waals surface area contributed by atoms with Crippen molar-refractivity contribution in [3.8, 4) is 5.69 Å². The third-order valence-electron chi connectivity index (χ3n) is 5.19. The van der Waals surface area contributed by atoms with Crippen LogP contribution in [-0.2, 0) is 17.7 Å². The fraction of sp³-hybridized carbons (Fsp3) is 0.143. The summed E-state index contributed by atoms with van der Waals surface area (Å²) in [5, 5.41) is 4.93. The van der Waals surface area contributed by atoms with E-state index < -0.39 is 23.6 Å². The van der Waals surface area contributed by atoms with E-state index in [9.17, 15) is 18.8 Å². The number of carbonyl (C=O) groups excluding carboxylic acids is 3. The molecule has 2 aliphatic rings. The summed E-state index contributed by atoms with van der Waals surface area (Å²) in [5.74, 6) is -2.97. The molecule has 0 N–H and O–H groups in total. The highest BCUT2D eigenvalue weighted by Gasteiger charge is 2.40.